The number of benzene rings is 3. The Hall–Kier alpha value is -3.88. The summed E-state index contributed by atoms with van der Waals surface area (Å²) in [5, 5.41) is 9.43. The Kier molecular flexibility index (Phi) is 7.69. The third-order valence-corrected chi connectivity index (χ3v) is 9.78. The van der Waals surface area contributed by atoms with E-state index in [1.165, 1.54) is 5.56 Å². The van der Waals surface area contributed by atoms with E-state index >= 15 is 0 Å². The molecule has 2 saturated heterocycles. The first-order valence-corrected chi connectivity index (χ1v) is 15.0. The van der Waals surface area contributed by atoms with Gasteiger partial charge in [0.05, 0.1) is 17.6 Å². The fourth-order valence-corrected chi connectivity index (χ4v) is 7.37. The molecule has 0 aromatic heterocycles. The zero-order chi connectivity index (χ0) is 28.9. The SMILES string of the molecule is Cl.O=C(O)c1cccc(CN2CN(c3ccccc3)C3(CCN(CCCN4C(=O)C5(CC5)c5ccccc54)CC3)C2=O)c1. The van der Waals surface area contributed by atoms with Gasteiger partial charge in [0.1, 0.15) is 5.54 Å². The predicted molar refractivity (Wildman–Crippen MR) is 168 cm³/mol. The summed E-state index contributed by atoms with van der Waals surface area (Å²) in [4.78, 5) is 47.4. The minimum Gasteiger partial charge on any atom is -0.478 e. The third-order valence-electron chi connectivity index (χ3n) is 9.78. The first kappa shape index (κ1) is 29.2. The van der Waals surface area contributed by atoms with Gasteiger partial charge in [0.15, 0.2) is 0 Å². The van der Waals surface area contributed by atoms with Crippen molar-refractivity contribution in [2.24, 2.45) is 0 Å². The lowest BCUT2D eigenvalue weighted by molar-refractivity contribution is -0.134. The lowest BCUT2D eigenvalue weighted by Crippen LogP contribution is -2.56. The van der Waals surface area contributed by atoms with Crippen molar-refractivity contribution in [2.45, 2.75) is 49.6 Å². The van der Waals surface area contributed by atoms with E-state index in [0.29, 0.717) is 13.2 Å². The van der Waals surface area contributed by atoms with Gasteiger partial charge in [0.2, 0.25) is 11.8 Å². The lowest BCUT2D eigenvalue weighted by Gasteiger charge is -2.43. The molecule has 7 rings (SSSR count). The van der Waals surface area contributed by atoms with Crippen LogP contribution in [-0.4, -0.2) is 71.1 Å². The first-order valence-electron chi connectivity index (χ1n) is 15.0. The summed E-state index contributed by atoms with van der Waals surface area (Å²) in [7, 11) is 0. The number of carboxylic acids is 1. The monoisotopic (exact) mass is 600 g/mol. The van der Waals surface area contributed by atoms with Crippen LogP contribution in [0.3, 0.4) is 0 Å². The minimum atomic E-state index is -0.968. The van der Waals surface area contributed by atoms with Crippen molar-refractivity contribution in [3.8, 4) is 0 Å². The summed E-state index contributed by atoms with van der Waals surface area (Å²) in [5.41, 5.74) is 3.49. The number of carbonyl (C=O) groups excluding carboxylic acids is 2. The largest absolute Gasteiger partial charge is 0.478 e. The normalized spacial score (nSPS) is 20.0. The fraction of sp³-hybridized carbons (Fsp3) is 0.382. The summed E-state index contributed by atoms with van der Waals surface area (Å²) >= 11 is 0. The molecule has 4 aliphatic rings. The Balaban J connectivity index is 0.00000329. The molecule has 9 heteroatoms. The number of aromatic carboxylic acids is 1. The topological polar surface area (TPSA) is 84.4 Å². The van der Waals surface area contributed by atoms with Gasteiger partial charge in [-0.25, -0.2) is 4.79 Å². The molecule has 224 valence electrons. The summed E-state index contributed by atoms with van der Waals surface area (Å²) in [5.74, 6) is -0.587. The number of hydrogen-bond donors (Lipinski definition) is 1. The summed E-state index contributed by atoms with van der Waals surface area (Å²) in [6.45, 7) is 4.08. The molecule has 0 atom stereocenters. The second-order valence-electron chi connectivity index (χ2n) is 12.2. The maximum atomic E-state index is 14.1. The molecule has 0 unspecified atom stereocenters. The van der Waals surface area contributed by atoms with Gasteiger partial charge in [-0.3, -0.25) is 9.59 Å². The highest BCUT2D eigenvalue weighted by atomic mass is 35.5. The van der Waals surface area contributed by atoms with Crippen LogP contribution in [-0.2, 0) is 21.5 Å². The van der Waals surface area contributed by atoms with Crippen LogP contribution in [0, 0.1) is 0 Å². The number of likely N-dealkylation sites (tertiary alicyclic amines) is 1. The van der Waals surface area contributed by atoms with Crippen LogP contribution in [0.25, 0.3) is 0 Å². The molecule has 1 N–H and O–H groups in total. The summed E-state index contributed by atoms with van der Waals surface area (Å²) < 4.78 is 0. The van der Waals surface area contributed by atoms with E-state index in [-0.39, 0.29) is 35.2 Å². The molecular formula is C34H37ClN4O4. The Labute approximate surface area is 258 Å². The van der Waals surface area contributed by atoms with Crippen LogP contribution in [0.2, 0.25) is 0 Å². The average molecular weight is 601 g/mol. The average Bonchev–Trinajstić information content (AvgIpc) is 3.75. The second-order valence-corrected chi connectivity index (χ2v) is 12.2. The number of piperidine rings is 1. The molecule has 3 fully saturated rings. The zero-order valence-electron chi connectivity index (χ0n) is 24.2. The predicted octanol–water partition coefficient (Wildman–Crippen LogP) is 4.92. The van der Waals surface area contributed by atoms with E-state index < -0.39 is 11.5 Å². The van der Waals surface area contributed by atoms with E-state index in [1.807, 2.05) is 46.2 Å². The molecule has 3 aromatic carbocycles. The van der Waals surface area contributed by atoms with Crippen molar-refractivity contribution in [3.63, 3.8) is 0 Å². The molecule has 0 bridgehead atoms. The maximum absolute atomic E-state index is 14.1. The van der Waals surface area contributed by atoms with Crippen LogP contribution < -0.4 is 9.80 Å². The molecule has 8 nitrogen and oxygen atoms in total. The minimum absolute atomic E-state index is 0. The highest BCUT2D eigenvalue weighted by Crippen LogP contribution is 2.57. The third kappa shape index (κ3) is 4.96. The van der Waals surface area contributed by atoms with Crippen molar-refractivity contribution < 1.29 is 19.5 Å². The number of nitrogens with zero attached hydrogens (tertiary/aromatic N) is 4. The van der Waals surface area contributed by atoms with Gasteiger partial charge in [-0.05, 0) is 80.1 Å². The van der Waals surface area contributed by atoms with Gasteiger partial charge in [0.25, 0.3) is 0 Å². The van der Waals surface area contributed by atoms with Crippen molar-refractivity contribution in [3.05, 3.63) is 95.6 Å². The number of rotatable bonds is 8. The fourth-order valence-electron chi connectivity index (χ4n) is 7.37. The van der Waals surface area contributed by atoms with Crippen molar-refractivity contribution >= 4 is 41.6 Å². The standard InChI is InChI=1S/C34H36N4O4.ClH/c39-30(40)26-9-6-8-25(22-26)23-36-24-38(27-10-2-1-3-11-27)34(32(36)42)16-20-35(21-17-34)18-7-19-37-29-13-5-4-12-28(29)33(14-15-33)31(37)41;/h1-6,8-13,22H,7,14-21,23-24H2,(H,39,40);1H. The first-order chi connectivity index (χ1) is 20.4. The lowest BCUT2D eigenvalue weighted by atomic mass is 9.85. The molecule has 0 radical (unpaired) electrons. The van der Waals surface area contributed by atoms with Crippen LogP contribution in [0.5, 0.6) is 0 Å². The maximum Gasteiger partial charge on any atom is 0.335 e. The van der Waals surface area contributed by atoms with Gasteiger partial charge in [0, 0.05) is 37.6 Å². The van der Waals surface area contributed by atoms with Crippen molar-refractivity contribution in [1.82, 2.24) is 9.80 Å². The highest BCUT2D eigenvalue weighted by molar-refractivity contribution is 6.10. The molecule has 3 aliphatic heterocycles. The Morgan fingerprint density at radius 2 is 1.53 bits per heavy atom. The Morgan fingerprint density at radius 3 is 2.26 bits per heavy atom. The number of halogens is 1. The number of amides is 2. The molecular weight excluding hydrogens is 564 g/mol. The van der Waals surface area contributed by atoms with Crippen LogP contribution in [0.15, 0.2) is 78.9 Å². The van der Waals surface area contributed by atoms with Crippen LogP contribution in [0.1, 0.15) is 53.6 Å². The molecule has 3 aromatic rings. The molecule has 1 aliphatic carbocycles. The molecule has 2 amide bonds. The van der Waals surface area contributed by atoms with Crippen LogP contribution in [0.4, 0.5) is 11.4 Å². The number of anilines is 2. The van der Waals surface area contributed by atoms with E-state index in [4.69, 9.17) is 0 Å². The quantitative estimate of drug-likeness (QED) is 0.395. The van der Waals surface area contributed by atoms with Crippen LogP contribution >= 0.6 is 12.4 Å². The van der Waals surface area contributed by atoms with E-state index in [2.05, 4.69) is 34.1 Å². The second kappa shape index (κ2) is 11.3. The van der Waals surface area contributed by atoms with Gasteiger partial charge in [-0.2, -0.15) is 0 Å². The molecule has 2 spiro atoms. The summed E-state index contributed by atoms with van der Waals surface area (Å²) in [6, 6.07) is 25.2. The van der Waals surface area contributed by atoms with Gasteiger partial charge >= 0.3 is 5.97 Å². The number of para-hydroxylation sites is 2. The highest BCUT2D eigenvalue weighted by Gasteiger charge is 2.59. The van der Waals surface area contributed by atoms with Crippen molar-refractivity contribution in [1.29, 1.82) is 0 Å². The summed E-state index contributed by atoms with van der Waals surface area (Å²) in [6.07, 6.45) is 4.26. The molecule has 1 saturated carbocycles. The van der Waals surface area contributed by atoms with Gasteiger partial charge < -0.3 is 24.7 Å². The number of fused-ring (bicyclic) bond motifs is 2. The molecule has 3 heterocycles. The molecule has 43 heavy (non-hydrogen) atoms. The van der Waals surface area contributed by atoms with Gasteiger partial charge in [-0.15, -0.1) is 12.4 Å². The van der Waals surface area contributed by atoms with Crippen molar-refractivity contribution in [2.75, 3.05) is 42.6 Å². The van der Waals surface area contributed by atoms with E-state index in [0.717, 1.165) is 75.2 Å². The van der Waals surface area contributed by atoms with E-state index in [1.54, 1.807) is 18.2 Å². The van der Waals surface area contributed by atoms with E-state index in [9.17, 15) is 19.5 Å². The van der Waals surface area contributed by atoms with Gasteiger partial charge in [-0.1, -0.05) is 48.5 Å². The number of carbonyl (C=O) groups is 3. The number of hydrogen-bond acceptors (Lipinski definition) is 5. The Bertz CT molecular complexity index is 1530. The Morgan fingerprint density at radius 1 is 0.814 bits per heavy atom. The smallest absolute Gasteiger partial charge is 0.335 e. The zero-order valence-corrected chi connectivity index (χ0v) is 25.0. The number of carboxylic acid groups (broad SMARTS) is 1.